The summed E-state index contributed by atoms with van der Waals surface area (Å²) < 4.78 is 0. The fourth-order valence-electron chi connectivity index (χ4n) is 3.55. The lowest BCUT2D eigenvalue weighted by molar-refractivity contribution is 0.417. The smallest absolute Gasteiger partial charge is 0.0414 e. The van der Waals surface area contributed by atoms with Crippen LogP contribution < -0.4 is 10.2 Å². The summed E-state index contributed by atoms with van der Waals surface area (Å²) >= 11 is 0. The summed E-state index contributed by atoms with van der Waals surface area (Å²) in [5.74, 6) is 0. The molecule has 2 heteroatoms. The Hall–Kier alpha value is -1.02. The van der Waals surface area contributed by atoms with E-state index in [9.17, 15) is 0 Å². The van der Waals surface area contributed by atoms with Crippen LogP contribution in [-0.4, -0.2) is 19.1 Å². The molecule has 0 atom stereocenters. The van der Waals surface area contributed by atoms with Crippen molar-refractivity contribution in [1.29, 1.82) is 0 Å². The molecule has 1 fully saturated rings. The molecular weight excluding hydrogens is 256 g/mol. The van der Waals surface area contributed by atoms with E-state index in [0.29, 0.717) is 0 Å². The number of anilines is 1. The molecule has 1 aliphatic rings. The van der Waals surface area contributed by atoms with Crippen LogP contribution in [0.3, 0.4) is 0 Å². The maximum absolute atomic E-state index is 3.57. The Kier molecular flexibility index (Phi) is 6.56. The molecule has 2 rings (SSSR count). The van der Waals surface area contributed by atoms with Crippen molar-refractivity contribution < 1.29 is 0 Å². The minimum absolute atomic E-state index is 0.747. The fourth-order valence-corrected chi connectivity index (χ4v) is 3.55. The highest BCUT2D eigenvalue weighted by Crippen LogP contribution is 2.30. The molecule has 0 bridgehead atoms. The summed E-state index contributed by atoms with van der Waals surface area (Å²) in [7, 11) is 0. The molecule has 0 aliphatic heterocycles. The van der Waals surface area contributed by atoms with E-state index in [1.165, 1.54) is 55.3 Å². The third-order valence-corrected chi connectivity index (χ3v) is 4.64. The Morgan fingerprint density at radius 1 is 1.14 bits per heavy atom. The van der Waals surface area contributed by atoms with Gasteiger partial charge in [-0.15, -0.1) is 0 Å². The van der Waals surface area contributed by atoms with Crippen LogP contribution in [0.2, 0.25) is 0 Å². The largest absolute Gasteiger partial charge is 0.369 e. The predicted molar refractivity (Wildman–Crippen MR) is 93.1 cm³/mol. The number of hydrogen-bond donors (Lipinski definition) is 1. The lowest BCUT2D eigenvalue weighted by Crippen LogP contribution is -2.37. The molecule has 2 nitrogen and oxygen atoms in total. The molecule has 1 saturated carbocycles. The lowest BCUT2D eigenvalue weighted by Gasteiger charge is -2.36. The molecule has 0 spiro atoms. The van der Waals surface area contributed by atoms with E-state index in [4.69, 9.17) is 0 Å². The molecule has 0 amide bonds. The Bertz CT molecular complexity index is 422. The summed E-state index contributed by atoms with van der Waals surface area (Å²) in [5, 5.41) is 3.57. The van der Waals surface area contributed by atoms with E-state index in [1.54, 1.807) is 0 Å². The van der Waals surface area contributed by atoms with E-state index in [1.807, 2.05) is 0 Å². The topological polar surface area (TPSA) is 15.3 Å². The maximum Gasteiger partial charge on any atom is 0.0414 e. The SMILES string of the molecule is CCCNCc1cc(C)ccc1N(CC)C1CCCCC1. The van der Waals surface area contributed by atoms with Gasteiger partial charge in [-0.25, -0.2) is 0 Å². The van der Waals surface area contributed by atoms with E-state index in [0.717, 1.165) is 25.7 Å². The van der Waals surface area contributed by atoms with Crippen LogP contribution in [0.4, 0.5) is 5.69 Å². The zero-order valence-corrected chi connectivity index (χ0v) is 14.1. The van der Waals surface area contributed by atoms with Crippen LogP contribution in [0, 0.1) is 6.92 Å². The Morgan fingerprint density at radius 2 is 1.90 bits per heavy atom. The first-order valence-electron chi connectivity index (χ1n) is 8.83. The van der Waals surface area contributed by atoms with Gasteiger partial charge in [0.15, 0.2) is 0 Å². The molecule has 0 saturated heterocycles. The molecule has 0 radical (unpaired) electrons. The van der Waals surface area contributed by atoms with Crippen LogP contribution >= 0.6 is 0 Å². The first-order valence-corrected chi connectivity index (χ1v) is 8.83. The molecular formula is C19H32N2. The van der Waals surface area contributed by atoms with Crippen molar-refractivity contribution in [2.75, 3.05) is 18.0 Å². The minimum atomic E-state index is 0.747. The highest BCUT2D eigenvalue weighted by atomic mass is 15.2. The highest BCUT2D eigenvalue weighted by molar-refractivity contribution is 5.55. The van der Waals surface area contributed by atoms with Gasteiger partial charge in [-0.3, -0.25) is 0 Å². The summed E-state index contributed by atoms with van der Waals surface area (Å²) in [6.07, 6.45) is 8.15. The first kappa shape index (κ1) is 16.4. The second-order valence-electron chi connectivity index (χ2n) is 6.39. The monoisotopic (exact) mass is 288 g/mol. The zero-order chi connectivity index (χ0) is 15.1. The van der Waals surface area contributed by atoms with Crippen LogP contribution in [-0.2, 0) is 6.54 Å². The van der Waals surface area contributed by atoms with Crippen LogP contribution in [0.25, 0.3) is 0 Å². The quantitative estimate of drug-likeness (QED) is 0.734. The van der Waals surface area contributed by atoms with Crippen molar-refractivity contribution in [1.82, 2.24) is 5.32 Å². The number of nitrogens with one attached hydrogen (secondary N) is 1. The zero-order valence-electron chi connectivity index (χ0n) is 14.1. The molecule has 1 N–H and O–H groups in total. The maximum atomic E-state index is 3.57. The van der Waals surface area contributed by atoms with E-state index in [2.05, 4.69) is 49.2 Å². The molecule has 21 heavy (non-hydrogen) atoms. The third kappa shape index (κ3) is 4.47. The summed E-state index contributed by atoms with van der Waals surface area (Å²) in [5.41, 5.74) is 4.29. The van der Waals surface area contributed by atoms with Gasteiger partial charge in [0.05, 0.1) is 0 Å². The van der Waals surface area contributed by atoms with Crippen molar-refractivity contribution in [3.8, 4) is 0 Å². The number of hydrogen-bond acceptors (Lipinski definition) is 2. The average molecular weight is 288 g/mol. The predicted octanol–water partition coefficient (Wildman–Crippen LogP) is 4.65. The highest BCUT2D eigenvalue weighted by Gasteiger charge is 2.21. The lowest BCUT2D eigenvalue weighted by atomic mass is 9.93. The second kappa shape index (κ2) is 8.43. The molecule has 0 aromatic heterocycles. The van der Waals surface area contributed by atoms with Gasteiger partial charge in [-0.05, 0) is 51.3 Å². The van der Waals surface area contributed by atoms with Gasteiger partial charge in [0.25, 0.3) is 0 Å². The van der Waals surface area contributed by atoms with Crippen LogP contribution in [0.15, 0.2) is 18.2 Å². The minimum Gasteiger partial charge on any atom is -0.369 e. The van der Waals surface area contributed by atoms with Crippen LogP contribution in [0.1, 0.15) is 63.5 Å². The van der Waals surface area contributed by atoms with Gasteiger partial charge in [0.1, 0.15) is 0 Å². The van der Waals surface area contributed by atoms with E-state index in [-0.39, 0.29) is 0 Å². The van der Waals surface area contributed by atoms with Crippen molar-refractivity contribution >= 4 is 5.69 Å². The Labute approximate surface area is 130 Å². The summed E-state index contributed by atoms with van der Waals surface area (Å²) in [4.78, 5) is 2.65. The average Bonchev–Trinajstić information content (AvgIpc) is 2.51. The standard InChI is InChI=1S/C19H32N2/c1-4-13-20-15-17-14-16(3)11-12-19(17)21(5-2)18-9-7-6-8-10-18/h11-12,14,18,20H,4-10,13,15H2,1-3H3. The Balaban J connectivity index is 2.18. The molecule has 0 heterocycles. The second-order valence-corrected chi connectivity index (χ2v) is 6.39. The van der Waals surface area contributed by atoms with Gasteiger partial charge in [0, 0.05) is 24.8 Å². The normalized spacial score (nSPS) is 16.1. The first-order chi connectivity index (χ1) is 10.3. The van der Waals surface area contributed by atoms with E-state index >= 15 is 0 Å². The molecule has 118 valence electrons. The third-order valence-electron chi connectivity index (χ3n) is 4.64. The molecule has 1 aliphatic carbocycles. The van der Waals surface area contributed by atoms with Gasteiger partial charge in [-0.2, -0.15) is 0 Å². The van der Waals surface area contributed by atoms with Crippen molar-refractivity contribution in [2.24, 2.45) is 0 Å². The number of rotatable bonds is 7. The number of nitrogens with zero attached hydrogens (tertiary/aromatic N) is 1. The molecule has 0 unspecified atom stereocenters. The summed E-state index contributed by atoms with van der Waals surface area (Å²) in [6, 6.07) is 7.72. The molecule has 1 aromatic carbocycles. The fraction of sp³-hybridized carbons (Fsp3) is 0.684. The summed E-state index contributed by atoms with van der Waals surface area (Å²) in [6.45, 7) is 9.94. The van der Waals surface area contributed by atoms with Gasteiger partial charge >= 0.3 is 0 Å². The Morgan fingerprint density at radius 3 is 2.57 bits per heavy atom. The van der Waals surface area contributed by atoms with Gasteiger partial charge < -0.3 is 10.2 Å². The van der Waals surface area contributed by atoms with Gasteiger partial charge in [0.2, 0.25) is 0 Å². The molecule has 1 aromatic rings. The van der Waals surface area contributed by atoms with E-state index < -0.39 is 0 Å². The number of benzene rings is 1. The van der Waals surface area contributed by atoms with Crippen molar-refractivity contribution in [2.45, 2.75) is 71.9 Å². The van der Waals surface area contributed by atoms with Crippen molar-refractivity contribution in [3.63, 3.8) is 0 Å². The number of aryl methyl sites for hydroxylation is 1. The van der Waals surface area contributed by atoms with Crippen LogP contribution in [0.5, 0.6) is 0 Å². The van der Waals surface area contributed by atoms with Crippen molar-refractivity contribution in [3.05, 3.63) is 29.3 Å². The van der Waals surface area contributed by atoms with Gasteiger partial charge in [-0.1, -0.05) is 43.9 Å².